The molecule has 0 radical (unpaired) electrons. The molecule has 7 nitrogen and oxygen atoms in total. The van der Waals surface area contributed by atoms with Gasteiger partial charge in [-0.3, -0.25) is 19.3 Å². The molecule has 0 bridgehead atoms. The Hall–Kier alpha value is -2.41. The van der Waals surface area contributed by atoms with Gasteiger partial charge in [-0.25, -0.2) is 0 Å². The SMILES string of the molecule is CC(=O)NC(CC(=O)N1CCN(C(C)C(=O)NC2CC2)CC1)c1ccccc1. The zero-order chi connectivity index (χ0) is 20.1. The van der Waals surface area contributed by atoms with Gasteiger partial charge < -0.3 is 15.5 Å². The average molecular weight is 386 g/mol. The van der Waals surface area contributed by atoms with Crippen LogP contribution in [0, 0.1) is 0 Å². The maximum absolute atomic E-state index is 12.8. The van der Waals surface area contributed by atoms with Gasteiger partial charge in [0.15, 0.2) is 0 Å². The summed E-state index contributed by atoms with van der Waals surface area (Å²) in [6.45, 7) is 5.95. The Labute approximate surface area is 166 Å². The second kappa shape index (κ2) is 9.19. The summed E-state index contributed by atoms with van der Waals surface area (Å²) in [5.41, 5.74) is 0.926. The number of amides is 3. The summed E-state index contributed by atoms with van der Waals surface area (Å²) in [7, 11) is 0. The summed E-state index contributed by atoms with van der Waals surface area (Å²) < 4.78 is 0. The summed E-state index contributed by atoms with van der Waals surface area (Å²) in [6.07, 6.45) is 2.40. The van der Waals surface area contributed by atoms with Crippen LogP contribution >= 0.6 is 0 Å². The van der Waals surface area contributed by atoms with Gasteiger partial charge >= 0.3 is 0 Å². The van der Waals surface area contributed by atoms with Crippen LogP contribution in [0.1, 0.15) is 44.7 Å². The first-order chi connectivity index (χ1) is 13.4. The lowest BCUT2D eigenvalue weighted by Gasteiger charge is -2.38. The zero-order valence-electron chi connectivity index (χ0n) is 16.7. The number of rotatable bonds is 7. The number of nitrogens with one attached hydrogen (secondary N) is 2. The molecule has 2 atom stereocenters. The van der Waals surface area contributed by atoms with Crippen LogP contribution < -0.4 is 10.6 Å². The van der Waals surface area contributed by atoms with Crippen LogP contribution in [0.25, 0.3) is 0 Å². The minimum atomic E-state index is -0.326. The molecule has 1 aromatic carbocycles. The van der Waals surface area contributed by atoms with E-state index < -0.39 is 0 Å². The van der Waals surface area contributed by atoms with E-state index in [0.717, 1.165) is 18.4 Å². The molecule has 28 heavy (non-hydrogen) atoms. The van der Waals surface area contributed by atoms with Gasteiger partial charge in [0.1, 0.15) is 0 Å². The van der Waals surface area contributed by atoms with Gasteiger partial charge in [-0.15, -0.1) is 0 Å². The van der Waals surface area contributed by atoms with E-state index >= 15 is 0 Å². The highest BCUT2D eigenvalue weighted by Crippen LogP contribution is 2.20. The van der Waals surface area contributed by atoms with E-state index in [1.165, 1.54) is 6.92 Å². The van der Waals surface area contributed by atoms with E-state index in [4.69, 9.17) is 0 Å². The van der Waals surface area contributed by atoms with Gasteiger partial charge in [-0.05, 0) is 25.3 Å². The van der Waals surface area contributed by atoms with Crippen LogP contribution in [0.2, 0.25) is 0 Å². The highest BCUT2D eigenvalue weighted by Gasteiger charge is 2.31. The second-order valence-corrected chi connectivity index (χ2v) is 7.74. The van der Waals surface area contributed by atoms with Crippen molar-refractivity contribution in [3.05, 3.63) is 35.9 Å². The highest BCUT2D eigenvalue weighted by molar-refractivity contribution is 5.82. The van der Waals surface area contributed by atoms with Gasteiger partial charge in [0, 0.05) is 39.1 Å². The third kappa shape index (κ3) is 5.55. The molecule has 3 rings (SSSR count). The number of hydrogen-bond acceptors (Lipinski definition) is 4. The Morgan fingerprint density at radius 3 is 2.29 bits per heavy atom. The largest absolute Gasteiger partial charge is 0.352 e. The Bertz CT molecular complexity index is 697. The number of hydrogen-bond donors (Lipinski definition) is 2. The Balaban J connectivity index is 1.52. The molecule has 2 unspecified atom stereocenters. The maximum Gasteiger partial charge on any atom is 0.237 e. The van der Waals surface area contributed by atoms with Crippen molar-refractivity contribution >= 4 is 17.7 Å². The first-order valence-corrected chi connectivity index (χ1v) is 10.1. The van der Waals surface area contributed by atoms with Crippen molar-refractivity contribution in [3.8, 4) is 0 Å². The molecule has 2 N–H and O–H groups in total. The molecule has 3 amide bonds. The fraction of sp³-hybridized carbons (Fsp3) is 0.571. The van der Waals surface area contributed by atoms with E-state index in [-0.39, 0.29) is 36.2 Å². The molecule has 0 aromatic heterocycles. The summed E-state index contributed by atoms with van der Waals surface area (Å²) in [5, 5.41) is 5.93. The van der Waals surface area contributed by atoms with Gasteiger partial charge in [0.25, 0.3) is 0 Å². The monoisotopic (exact) mass is 386 g/mol. The van der Waals surface area contributed by atoms with Crippen LogP contribution in [0.15, 0.2) is 30.3 Å². The molecule has 1 aliphatic carbocycles. The lowest BCUT2D eigenvalue weighted by molar-refractivity contribution is -0.134. The van der Waals surface area contributed by atoms with Crippen molar-refractivity contribution in [1.29, 1.82) is 0 Å². The van der Waals surface area contributed by atoms with Crippen molar-refractivity contribution in [1.82, 2.24) is 20.4 Å². The number of carbonyl (C=O) groups excluding carboxylic acids is 3. The minimum absolute atomic E-state index is 0.0253. The van der Waals surface area contributed by atoms with Gasteiger partial charge in [0.05, 0.1) is 18.5 Å². The van der Waals surface area contributed by atoms with Crippen LogP contribution in [-0.4, -0.2) is 65.8 Å². The van der Waals surface area contributed by atoms with E-state index in [1.54, 1.807) is 0 Å². The quantitative estimate of drug-likeness (QED) is 0.734. The third-order valence-corrected chi connectivity index (χ3v) is 5.48. The Morgan fingerprint density at radius 2 is 1.71 bits per heavy atom. The van der Waals surface area contributed by atoms with Crippen LogP contribution in [0.4, 0.5) is 0 Å². The van der Waals surface area contributed by atoms with Crippen LogP contribution in [0.3, 0.4) is 0 Å². The first kappa shape index (κ1) is 20.3. The Kier molecular flexibility index (Phi) is 6.67. The van der Waals surface area contributed by atoms with Gasteiger partial charge in [-0.2, -0.15) is 0 Å². The topological polar surface area (TPSA) is 81.8 Å². The fourth-order valence-corrected chi connectivity index (χ4v) is 3.56. The predicted molar refractivity (Wildman–Crippen MR) is 106 cm³/mol. The molecular formula is C21H30N4O3. The molecule has 1 aliphatic heterocycles. The highest BCUT2D eigenvalue weighted by atomic mass is 16.2. The van der Waals surface area contributed by atoms with E-state index in [9.17, 15) is 14.4 Å². The molecule has 1 saturated heterocycles. The summed E-state index contributed by atoms with van der Waals surface area (Å²) in [6, 6.07) is 9.43. The van der Waals surface area contributed by atoms with Crippen molar-refractivity contribution in [2.24, 2.45) is 0 Å². The molecule has 2 aliphatic rings. The van der Waals surface area contributed by atoms with Crippen molar-refractivity contribution in [2.45, 2.75) is 51.2 Å². The molecule has 1 saturated carbocycles. The van der Waals surface area contributed by atoms with Crippen molar-refractivity contribution in [2.75, 3.05) is 26.2 Å². The fourth-order valence-electron chi connectivity index (χ4n) is 3.56. The van der Waals surface area contributed by atoms with E-state index in [0.29, 0.717) is 32.2 Å². The first-order valence-electron chi connectivity index (χ1n) is 10.1. The number of nitrogens with zero attached hydrogens (tertiary/aromatic N) is 2. The smallest absolute Gasteiger partial charge is 0.237 e. The molecule has 152 valence electrons. The van der Waals surface area contributed by atoms with Gasteiger partial charge in [-0.1, -0.05) is 30.3 Å². The summed E-state index contributed by atoms with van der Waals surface area (Å²) >= 11 is 0. The average Bonchev–Trinajstić information content (AvgIpc) is 3.51. The molecule has 2 fully saturated rings. The summed E-state index contributed by atoms with van der Waals surface area (Å²) in [5.74, 6) is -0.0450. The van der Waals surface area contributed by atoms with E-state index in [1.807, 2.05) is 42.2 Å². The predicted octanol–water partition coefficient (Wildman–Crippen LogP) is 1.07. The van der Waals surface area contributed by atoms with Crippen LogP contribution in [0.5, 0.6) is 0 Å². The standard InChI is InChI=1S/C21H30N4O3/c1-15(21(28)23-18-8-9-18)24-10-12-25(13-11-24)20(27)14-19(22-16(2)26)17-6-4-3-5-7-17/h3-7,15,18-19H,8-14H2,1-2H3,(H,22,26)(H,23,28). The second-order valence-electron chi connectivity index (χ2n) is 7.74. The summed E-state index contributed by atoms with van der Waals surface area (Å²) in [4.78, 5) is 40.6. The lowest BCUT2D eigenvalue weighted by atomic mass is 10.0. The number of carbonyl (C=O) groups is 3. The Morgan fingerprint density at radius 1 is 1.07 bits per heavy atom. The van der Waals surface area contributed by atoms with Gasteiger partial charge in [0.2, 0.25) is 17.7 Å². The van der Waals surface area contributed by atoms with Crippen molar-refractivity contribution < 1.29 is 14.4 Å². The molecule has 1 heterocycles. The molecule has 1 aromatic rings. The molecule has 0 spiro atoms. The molecule has 7 heteroatoms. The maximum atomic E-state index is 12.8. The lowest BCUT2D eigenvalue weighted by Crippen LogP contribution is -2.55. The normalized spacial score (nSPS) is 19.6. The number of benzene rings is 1. The van der Waals surface area contributed by atoms with E-state index in [2.05, 4.69) is 15.5 Å². The molecular weight excluding hydrogens is 356 g/mol. The van der Waals surface area contributed by atoms with Crippen LogP contribution in [-0.2, 0) is 14.4 Å². The zero-order valence-corrected chi connectivity index (χ0v) is 16.7. The van der Waals surface area contributed by atoms with Crippen molar-refractivity contribution in [3.63, 3.8) is 0 Å². The minimum Gasteiger partial charge on any atom is -0.352 e. The third-order valence-electron chi connectivity index (χ3n) is 5.48. The number of piperazine rings is 1.